The van der Waals surface area contributed by atoms with Crippen LogP contribution < -0.4 is 19.5 Å². The second kappa shape index (κ2) is 16.4. The first-order valence-electron chi connectivity index (χ1n) is 16.9. The van der Waals surface area contributed by atoms with Crippen LogP contribution >= 0.6 is 0 Å². The van der Waals surface area contributed by atoms with E-state index in [1.165, 1.54) is 27.4 Å². The molecule has 0 bridgehead atoms. The van der Waals surface area contributed by atoms with Gasteiger partial charge < -0.3 is 34.5 Å². The molecule has 0 saturated heterocycles. The molecule has 51 heavy (non-hydrogen) atoms. The number of phenols is 2. The van der Waals surface area contributed by atoms with Crippen molar-refractivity contribution in [3.8, 4) is 28.7 Å². The van der Waals surface area contributed by atoms with Crippen molar-refractivity contribution in [1.82, 2.24) is 19.9 Å². The van der Waals surface area contributed by atoms with Gasteiger partial charge in [-0.15, -0.1) is 10.2 Å². The van der Waals surface area contributed by atoms with E-state index in [1.54, 1.807) is 54.8 Å². The number of hydrogen-bond donors (Lipinski definition) is 3. The van der Waals surface area contributed by atoms with Crippen LogP contribution in [0.25, 0.3) is 11.7 Å². The van der Waals surface area contributed by atoms with E-state index in [-0.39, 0.29) is 46.1 Å². The van der Waals surface area contributed by atoms with Gasteiger partial charge in [0.05, 0.1) is 33.5 Å². The number of Topliss-reactive ketones (excluding diaryl/α,β-unsaturated/α-hetero) is 1. The van der Waals surface area contributed by atoms with E-state index in [2.05, 4.69) is 15.5 Å². The number of methoxy groups -OCH3 is 3. The van der Waals surface area contributed by atoms with Crippen LogP contribution in [0, 0.1) is 0 Å². The highest BCUT2D eigenvalue weighted by atomic mass is 16.5. The number of ether oxygens (including phenoxy) is 4. The standard InChI is InChI=1S/C38H44N4O9/c1-22-12-11-15-26(43)14-8-6-7-13-24-18-28(44)34(35(46)33(24)38(47)51-22)27(25-19-29(48-3)36(50-5)30(20-25)49-4)21-32(45)39-23(2)37-41-40-31-16-9-10-17-42(31)37/h7,9-10,13,16-20,22-23,27,44,46H,6,8,11-12,14-15,21H2,1-5H3,(H,39,45)/t22-,23+,27?/m0/s1. The lowest BCUT2D eigenvalue weighted by Gasteiger charge is -2.25. The van der Waals surface area contributed by atoms with E-state index >= 15 is 0 Å². The molecule has 13 heteroatoms. The van der Waals surface area contributed by atoms with Crippen molar-refractivity contribution in [3.05, 3.63) is 76.7 Å². The average Bonchev–Trinajstić information content (AvgIpc) is 3.54. The molecular formula is C38H44N4O9. The molecule has 1 unspecified atom stereocenters. The zero-order valence-electron chi connectivity index (χ0n) is 29.5. The number of allylic oxidation sites excluding steroid dienone is 1. The number of aromatic nitrogens is 3. The van der Waals surface area contributed by atoms with Crippen molar-refractivity contribution in [2.45, 2.75) is 76.9 Å². The highest BCUT2D eigenvalue weighted by Crippen LogP contribution is 2.48. The molecule has 1 amide bonds. The molecule has 13 nitrogen and oxygen atoms in total. The van der Waals surface area contributed by atoms with Crippen molar-refractivity contribution < 1.29 is 43.5 Å². The number of amides is 1. The number of carbonyl (C=O) groups is 3. The SMILES string of the molecule is COc1cc(C(CC(=O)N[C@H](C)c2nnc3ccccn23)c2c(O)cc3c(c2O)C(=O)O[C@@H](C)CCCC(=O)CCCC=C3)cc(OC)c1OC. The summed E-state index contributed by atoms with van der Waals surface area (Å²) in [6, 6.07) is 9.52. The van der Waals surface area contributed by atoms with E-state index in [1.807, 2.05) is 12.1 Å². The van der Waals surface area contributed by atoms with Gasteiger partial charge in [0.2, 0.25) is 11.7 Å². The van der Waals surface area contributed by atoms with Crippen LogP contribution in [0.5, 0.6) is 28.7 Å². The van der Waals surface area contributed by atoms with Gasteiger partial charge in [0.1, 0.15) is 22.8 Å². The minimum atomic E-state index is -1.03. The van der Waals surface area contributed by atoms with Crippen molar-refractivity contribution >= 4 is 29.4 Å². The van der Waals surface area contributed by atoms with Gasteiger partial charge in [-0.25, -0.2) is 4.79 Å². The Hall–Kier alpha value is -5.59. The Bertz CT molecular complexity index is 1910. The summed E-state index contributed by atoms with van der Waals surface area (Å²) >= 11 is 0. The third-order valence-electron chi connectivity index (χ3n) is 8.98. The second-order valence-electron chi connectivity index (χ2n) is 12.6. The number of phenolic OH excluding ortho intramolecular Hbond substituents is 2. The third kappa shape index (κ3) is 8.25. The maximum absolute atomic E-state index is 13.9. The van der Waals surface area contributed by atoms with Gasteiger partial charge in [-0.2, -0.15) is 0 Å². The summed E-state index contributed by atoms with van der Waals surface area (Å²) in [6.45, 7) is 3.50. The summed E-state index contributed by atoms with van der Waals surface area (Å²) < 4.78 is 24.2. The third-order valence-corrected chi connectivity index (χ3v) is 8.98. The number of cyclic esters (lactones) is 1. The van der Waals surface area contributed by atoms with Gasteiger partial charge in [-0.3, -0.25) is 14.0 Å². The number of aromatic hydroxyl groups is 2. The van der Waals surface area contributed by atoms with Crippen LogP contribution in [-0.4, -0.2) is 69.9 Å². The monoisotopic (exact) mass is 700 g/mol. The fourth-order valence-corrected chi connectivity index (χ4v) is 6.41. The predicted octanol–water partition coefficient (Wildman–Crippen LogP) is 6.05. The van der Waals surface area contributed by atoms with E-state index in [4.69, 9.17) is 18.9 Å². The lowest BCUT2D eigenvalue weighted by Crippen LogP contribution is -2.29. The Kier molecular flexibility index (Phi) is 11.8. The van der Waals surface area contributed by atoms with Crippen LogP contribution in [0.15, 0.2) is 48.7 Å². The van der Waals surface area contributed by atoms with Gasteiger partial charge in [0, 0.05) is 36.9 Å². The first-order chi connectivity index (χ1) is 24.6. The van der Waals surface area contributed by atoms with E-state index in [0.29, 0.717) is 61.3 Å². The summed E-state index contributed by atoms with van der Waals surface area (Å²) in [5.41, 5.74) is 1.05. The maximum Gasteiger partial charge on any atom is 0.342 e. The molecule has 4 aromatic rings. The van der Waals surface area contributed by atoms with Crippen LogP contribution in [0.3, 0.4) is 0 Å². The lowest BCUT2D eigenvalue weighted by atomic mass is 9.84. The van der Waals surface area contributed by atoms with Crippen molar-refractivity contribution in [1.29, 1.82) is 0 Å². The number of fused-ring (bicyclic) bond motifs is 2. The number of nitrogens with one attached hydrogen (secondary N) is 1. The Labute approximate surface area is 296 Å². The summed E-state index contributed by atoms with van der Waals surface area (Å²) in [7, 11) is 4.37. The molecule has 0 radical (unpaired) electrons. The zero-order chi connectivity index (χ0) is 36.7. The van der Waals surface area contributed by atoms with Gasteiger partial charge in [0.15, 0.2) is 23.0 Å². The molecule has 1 aliphatic heterocycles. The summed E-state index contributed by atoms with van der Waals surface area (Å²) in [6.07, 6.45) is 7.40. The Morgan fingerprint density at radius 3 is 2.47 bits per heavy atom. The normalized spacial score (nSPS) is 16.8. The van der Waals surface area contributed by atoms with Crippen molar-refractivity contribution in [2.24, 2.45) is 0 Å². The molecule has 0 aliphatic carbocycles. The number of ketones is 1. The smallest absolute Gasteiger partial charge is 0.342 e. The Balaban J connectivity index is 1.61. The number of carbonyl (C=O) groups excluding carboxylic acids is 3. The first kappa shape index (κ1) is 36.7. The average molecular weight is 701 g/mol. The number of pyridine rings is 1. The molecule has 1 aliphatic rings. The Morgan fingerprint density at radius 1 is 1.04 bits per heavy atom. The van der Waals surface area contributed by atoms with Crippen LogP contribution in [0.1, 0.15) is 104 Å². The highest BCUT2D eigenvalue weighted by molar-refractivity contribution is 5.98. The van der Waals surface area contributed by atoms with E-state index in [9.17, 15) is 24.6 Å². The van der Waals surface area contributed by atoms with Crippen LogP contribution in [0.2, 0.25) is 0 Å². The second-order valence-corrected chi connectivity index (χ2v) is 12.6. The first-order valence-corrected chi connectivity index (χ1v) is 16.9. The van der Waals surface area contributed by atoms with Gasteiger partial charge in [-0.05, 0) is 81.0 Å². The van der Waals surface area contributed by atoms with Crippen LogP contribution in [0.4, 0.5) is 0 Å². The highest BCUT2D eigenvalue weighted by Gasteiger charge is 2.33. The molecule has 3 atom stereocenters. The molecule has 2 aromatic heterocycles. The predicted molar refractivity (Wildman–Crippen MR) is 188 cm³/mol. The van der Waals surface area contributed by atoms with Gasteiger partial charge in [0.25, 0.3) is 0 Å². The van der Waals surface area contributed by atoms with E-state index in [0.717, 1.165) is 0 Å². The number of hydrogen-bond acceptors (Lipinski definition) is 11. The van der Waals surface area contributed by atoms with Crippen LogP contribution in [-0.2, 0) is 14.3 Å². The molecule has 0 spiro atoms. The number of benzene rings is 2. The molecule has 5 rings (SSSR count). The summed E-state index contributed by atoms with van der Waals surface area (Å²) in [4.78, 5) is 39.9. The molecule has 270 valence electrons. The van der Waals surface area contributed by atoms with Crippen molar-refractivity contribution in [2.75, 3.05) is 21.3 Å². The molecule has 3 heterocycles. The molecule has 2 aromatic carbocycles. The zero-order valence-corrected chi connectivity index (χ0v) is 29.5. The van der Waals surface area contributed by atoms with Gasteiger partial charge >= 0.3 is 5.97 Å². The molecule has 0 saturated carbocycles. The van der Waals surface area contributed by atoms with Crippen molar-refractivity contribution in [3.63, 3.8) is 0 Å². The quantitative estimate of drug-likeness (QED) is 0.174. The molecule has 3 N–H and O–H groups in total. The molecular weight excluding hydrogens is 656 g/mol. The summed E-state index contributed by atoms with van der Waals surface area (Å²) in [5, 5.41) is 35.0. The number of nitrogens with zero attached hydrogens (tertiary/aromatic N) is 3. The fourth-order valence-electron chi connectivity index (χ4n) is 6.41. The van der Waals surface area contributed by atoms with E-state index < -0.39 is 35.7 Å². The lowest BCUT2D eigenvalue weighted by molar-refractivity contribution is -0.122. The van der Waals surface area contributed by atoms with Gasteiger partial charge in [-0.1, -0.05) is 18.2 Å². The maximum atomic E-state index is 13.9. The largest absolute Gasteiger partial charge is 0.507 e. The minimum absolute atomic E-state index is 0.0662. The Morgan fingerprint density at radius 2 is 1.76 bits per heavy atom. The number of esters is 1. The number of rotatable bonds is 9. The summed E-state index contributed by atoms with van der Waals surface area (Å²) in [5.74, 6) is -1.61. The fraction of sp³-hybridized carbons (Fsp3) is 0.395. The minimum Gasteiger partial charge on any atom is -0.507 e. The molecule has 0 fully saturated rings. The topological polar surface area (TPSA) is 171 Å².